The van der Waals surface area contributed by atoms with Gasteiger partial charge in [0.25, 0.3) is 5.91 Å². The van der Waals surface area contributed by atoms with Crippen LogP contribution >= 0.6 is 0 Å². The molecular formula is C23H21FN2O2. The Labute approximate surface area is 163 Å². The topological polar surface area (TPSA) is 58.2 Å². The fraction of sp³-hybridized carbons (Fsp3) is 0.130. The van der Waals surface area contributed by atoms with Crippen molar-refractivity contribution in [3.05, 3.63) is 101 Å². The number of hydrogen-bond donors (Lipinski definition) is 2. The number of nitrogens with one attached hydrogen (secondary N) is 2. The van der Waals surface area contributed by atoms with E-state index in [2.05, 4.69) is 10.6 Å². The predicted octanol–water partition coefficient (Wildman–Crippen LogP) is 4.33. The number of anilines is 1. The fourth-order valence-electron chi connectivity index (χ4n) is 2.72. The molecule has 0 atom stereocenters. The van der Waals surface area contributed by atoms with Crippen LogP contribution in [0.5, 0.6) is 0 Å². The van der Waals surface area contributed by atoms with Gasteiger partial charge in [-0.1, -0.05) is 54.6 Å². The van der Waals surface area contributed by atoms with Crippen molar-refractivity contribution >= 4 is 17.5 Å². The van der Waals surface area contributed by atoms with E-state index < -0.39 is 5.82 Å². The van der Waals surface area contributed by atoms with Crippen LogP contribution in [0, 0.1) is 5.82 Å². The van der Waals surface area contributed by atoms with E-state index >= 15 is 0 Å². The average molecular weight is 376 g/mol. The molecule has 0 fully saturated rings. The molecule has 5 heteroatoms. The van der Waals surface area contributed by atoms with Crippen LogP contribution in [-0.2, 0) is 17.8 Å². The Hall–Kier alpha value is -3.47. The van der Waals surface area contributed by atoms with Crippen LogP contribution in [0.4, 0.5) is 10.1 Å². The van der Waals surface area contributed by atoms with E-state index in [9.17, 15) is 14.0 Å². The number of aryl methyl sites for hydroxylation is 1. The third kappa shape index (κ3) is 5.51. The van der Waals surface area contributed by atoms with Crippen molar-refractivity contribution in [2.75, 3.05) is 5.32 Å². The maximum atomic E-state index is 13.6. The first-order valence-electron chi connectivity index (χ1n) is 9.07. The molecule has 0 aliphatic heterocycles. The highest BCUT2D eigenvalue weighted by Crippen LogP contribution is 2.14. The zero-order valence-electron chi connectivity index (χ0n) is 15.3. The number of para-hydroxylation sites is 1. The monoisotopic (exact) mass is 376 g/mol. The SMILES string of the molecule is O=C(CCc1ccccc1)NCc1ccc(C(=O)Nc2ccccc2F)cc1. The molecule has 142 valence electrons. The lowest BCUT2D eigenvalue weighted by Gasteiger charge is -2.08. The molecule has 4 nitrogen and oxygen atoms in total. The van der Waals surface area contributed by atoms with Crippen molar-refractivity contribution in [1.29, 1.82) is 0 Å². The van der Waals surface area contributed by atoms with Gasteiger partial charge in [0.05, 0.1) is 5.69 Å². The predicted molar refractivity (Wildman–Crippen MR) is 107 cm³/mol. The number of halogens is 1. The largest absolute Gasteiger partial charge is 0.352 e. The van der Waals surface area contributed by atoms with Gasteiger partial charge in [0.2, 0.25) is 5.91 Å². The second-order valence-corrected chi connectivity index (χ2v) is 6.39. The molecule has 0 bridgehead atoms. The molecule has 0 spiro atoms. The summed E-state index contributed by atoms with van der Waals surface area (Å²) < 4.78 is 13.6. The molecule has 28 heavy (non-hydrogen) atoms. The lowest BCUT2D eigenvalue weighted by molar-refractivity contribution is -0.121. The van der Waals surface area contributed by atoms with Crippen molar-refractivity contribution < 1.29 is 14.0 Å². The van der Waals surface area contributed by atoms with Crippen molar-refractivity contribution in [3.8, 4) is 0 Å². The van der Waals surface area contributed by atoms with E-state index in [-0.39, 0.29) is 17.5 Å². The molecule has 0 aliphatic carbocycles. The van der Waals surface area contributed by atoms with Crippen molar-refractivity contribution in [2.24, 2.45) is 0 Å². The first-order valence-corrected chi connectivity index (χ1v) is 9.07. The summed E-state index contributed by atoms with van der Waals surface area (Å²) in [4.78, 5) is 24.2. The van der Waals surface area contributed by atoms with E-state index in [0.29, 0.717) is 24.9 Å². The molecule has 0 heterocycles. The Morgan fingerprint density at radius 2 is 1.46 bits per heavy atom. The van der Waals surface area contributed by atoms with Crippen LogP contribution in [0.2, 0.25) is 0 Å². The van der Waals surface area contributed by atoms with Crippen LogP contribution in [0.3, 0.4) is 0 Å². The van der Waals surface area contributed by atoms with Gasteiger partial charge in [0.15, 0.2) is 0 Å². The van der Waals surface area contributed by atoms with Gasteiger partial charge < -0.3 is 10.6 Å². The maximum absolute atomic E-state index is 13.6. The molecule has 0 saturated heterocycles. The molecule has 3 rings (SSSR count). The maximum Gasteiger partial charge on any atom is 0.255 e. The van der Waals surface area contributed by atoms with E-state index in [1.54, 1.807) is 36.4 Å². The minimum atomic E-state index is -0.481. The molecular weight excluding hydrogens is 355 g/mol. The second-order valence-electron chi connectivity index (χ2n) is 6.39. The van der Waals surface area contributed by atoms with Gasteiger partial charge in [-0.15, -0.1) is 0 Å². The summed E-state index contributed by atoms with van der Waals surface area (Å²) in [5.41, 5.74) is 2.57. The van der Waals surface area contributed by atoms with E-state index in [4.69, 9.17) is 0 Å². The highest BCUT2D eigenvalue weighted by molar-refractivity contribution is 6.04. The molecule has 0 saturated carbocycles. The average Bonchev–Trinajstić information content (AvgIpc) is 2.73. The minimum Gasteiger partial charge on any atom is -0.352 e. The lowest BCUT2D eigenvalue weighted by atomic mass is 10.1. The first kappa shape index (κ1) is 19.3. The number of carbonyl (C=O) groups is 2. The molecule has 2 amide bonds. The molecule has 2 N–H and O–H groups in total. The minimum absolute atomic E-state index is 0.0229. The molecule has 0 radical (unpaired) electrons. The van der Waals surface area contributed by atoms with Gasteiger partial charge >= 0.3 is 0 Å². The van der Waals surface area contributed by atoms with Crippen molar-refractivity contribution in [1.82, 2.24) is 5.32 Å². The zero-order valence-corrected chi connectivity index (χ0v) is 15.3. The smallest absolute Gasteiger partial charge is 0.255 e. The number of hydrogen-bond acceptors (Lipinski definition) is 2. The van der Waals surface area contributed by atoms with Gasteiger partial charge in [0.1, 0.15) is 5.82 Å². The number of benzene rings is 3. The molecule has 3 aromatic rings. The van der Waals surface area contributed by atoms with E-state index in [1.807, 2.05) is 30.3 Å². The Kier molecular flexibility index (Phi) is 6.52. The highest BCUT2D eigenvalue weighted by atomic mass is 19.1. The van der Waals surface area contributed by atoms with Crippen molar-refractivity contribution in [3.63, 3.8) is 0 Å². The van der Waals surface area contributed by atoms with Crippen LogP contribution in [-0.4, -0.2) is 11.8 Å². The second kappa shape index (κ2) is 9.46. The van der Waals surface area contributed by atoms with E-state index in [1.165, 1.54) is 12.1 Å². The molecule has 0 aliphatic rings. The summed E-state index contributed by atoms with van der Waals surface area (Å²) >= 11 is 0. The Bertz CT molecular complexity index is 940. The van der Waals surface area contributed by atoms with Crippen LogP contribution in [0.1, 0.15) is 27.9 Å². The van der Waals surface area contributed by atoms with Crippen LogP contribution in [0.15, 0.2) is 78.9 Å². The molecule has 0 unspecified atom stereocenters. The Morgan fingerprint density at radius 1 is 0.786 bits per heavy atom. The van der Waals surface area contributed by atoms with Gasteiger partial charge in [-0.05, 0) is 41.8 Å². The van der Waals surface area contributed by atoms with Crippen LogP contribution in [0.25, 0.3) is 0 Å². The lowest BCUT2D eigenvalue weighted by Crippen LogP contribution is -2.23. The number of carbonyl (C=O) groups excluding carboxylic acids is 2. The first-order chi connectivity index (χ1) is 13.6. The van der Waals surface area contributed by atoms with Gasteiger partial charge in [-0.25, -0.2) is 4.39 Å². The summed E-state index contributed by atoms with van der Waals surface area (Å²) in [6.45, 7) is 0.392. The summed E-state index contributed by atoms with van der Waals surface area (Å²) in [5, 5.41) is 5.42. The molecule has 0 aromatic heterocycles. The third-order valence-corrected chi connectivity index (χ3v) is 4.31. The standard InChI is InChI=1S/C23H21FN2O2/c24-20-8-4-5-9-21(20)26-23(28)19-13-10-18(11-14-19)16-25-22(27)15-12-17-6-2-1-3-7-17/h1-11,13-14H,12,15-16H2,(H,25,27)(H,26,28). The third-order valence-electron chi connectivity index (χ3n) is 4.31. The number of amides is 2. The summed E-state index contributed by atoms with van der Waals surface area (Å²) in [6, 6.07) is 22.7. The quantitative estimate of drug-likeness (QED) is 0.645. The summed E-state index contributed by atoms with van der Waals surface area (Å²) in [7, 11) is 0. The van der Waals surface area contributed by atoms with Gasteiger partial charge in [-0.3, -0.25) is 9.59 Å². The van der Waals surface area contributed by atoms with Gasteiger partial charge in [0, 0.05) is 18.5 Å². The Morgan fingerprint density at radius 3 is 2.18 bits per heavy atom. The van der Waals surface area contributed by atoms with E-state index in [0.717, 1.165) is 11.1 Å². The fourth-order valence-corrected chi connectivity index (χ4v) is 2.72. The summed E-state index contributed by atoms with van der Waals surface area (Å²) in [5.74, 6) is -0.889. The normalized spacial score (nSPS) is 10.3. The number of rotatable bonds is 7. The highest BCUT2D eigenvalue weighted by Gasteiger charge is 2.09. The molecule has 3 aromatic carbocycles. The Balaban J connectivity index is 1.48. The summed E-state index contributed by atoms with van der Waals surface area (Å²) in [6.07, 6.45) is 1.12. The van der Waals surface area contributed by atoms with Gasteiger partial charge in [-0.2, -0.15) is 0 Å². The zero-order chi connectivity index (χ0) is 19.8. The van der Waals surface area contributed by atoms with Crippen LogP contribution < -0.4 is 10.6 Å². The van der Waals surface area contributed by atoms with Crippen molar-refractivity contribution in [2.45, 2.75) is 19.4 Å².